The number of aromatic nitrogens is 1. The van der Waals surface area contributed by atoms with E-state index in [1.54, 1.807) is 11.9 Å². The number of hydrogen-bond acceptors (Lipinski definition) is 6. The van der Waals surface area contributed by atoms with E-state index in [4.69, 9.17) is 11.6 Å². The van der Waals surface area contributed by atoms with Crippen molar-refractivity contribution in [3.05, 3.63) is 10.0 Å². The van der Waals surface area contributed by atoms with Crippen molar-refractivity contribution in [3.8, 4) is 0 Å². The molecular weight excluding hydrogens is 264 g/mol. The molecule has 1 aromatic heterocycles. The minimum Gasteiger partial charge on any atom is -0.465 e. The standard InChI is InChI=1S/C10H15ClN2O3S/c1-10(2,5-14)13(3)9-12-7(11)6(17-9)8(15)16-4/h14H,5H2,1-4H3. The highest BCUT2D eigenvalue weighted by molar-refractivity contribution is 7.18. The number of aliphatic hydroxyl groups is 1. The van der Waals surface area contributed by atoms with Crippen molar-refractivity contribution in [2.45, 2.75) is 19.4 Å². The molecule has 0 bridgehead atoms. The minimum atomic E-state index is -0.506. The molecule has 0 atom stereocenters. The maximum Gasteiger partial charge on any atom is 0.351 e. The van der Waals surface area contributed by atoms with Crippen molar-refractivity contribution < 1.29 is 14.6 Å². The van der Waals surface area contributed by atoms with E-state index < -0.39 is 11.5 Å². The number of methoxy groups -OCH3 is 1. The molecule has 96 valence electrons. The Kier molecular flexibility index (Phi) is 4.35. The van der Waals surface area contributed by atoms with Gasteiger partial charge in [0.05, 0.1) is 19.3 Å². The molecule has 0 unspecified atom stereocenters. The van der Waals surface area contributed by atoms with E-state index in [0.29, 0.717) is 5.13 Å². The Hall–Kier alpha value is -0.850. The summed E-state index contributed by atoms with van der Waals surface area (Å²) in [5.41, 5.74) is -0.478. The number of ether oxygens (including phenoxy) is 1. The molecule has 5 nitrogen and oxygen atoms in total. The van der Waals surface area contributed by atoms with Crippen molar-refractivity contribution in [3.63, 3.8) is 0 Å². The number of esters is 1. The van der Waals surface area contributed by atoms with E-state index in [9.17, 15) is 9.90 Å². The van der Waals surface area contributed by atoms with E-state index >= 15 is 0 Å². The Morgan fingerprint density at radius 1 is 1.65 bits per heavy atom. The van der Waals surface area contributed by atoms with Gasteiger partial charge in [0.2, 0.25) is 0 Å². The zero-order valence-electron chi connectivity index (χ0n) is 10.2. The zero-order valence-corrected chi connectivity index (χ0v) is 11.7. The Labute approximate surface area is 109 Å². The summed E-state index contributed by atoms with van der Waals surface area (Å²) < 4.78 is 4.60. The molecule has 1 N–H and O–H groups in total. The zero-order chi connectivity index (χ0) is 13.2. The third kappa shape index (κ3) is 2.88. The average Bonchev–Trinajstić information content (AvgIpc) is 2.69. The highest BCUT2D eigenvalue weighted by Gasteiger charge is 2.27. The van der Waals surface area contributed by atoms with Gasteiger partial charge in [-0.25, -0.2) is 9.78 Å². The van der Waals surface area contributed by atoms with Crippen LogP contribution >= 0.6 is 22.9 Å². The third-order valence-corrected chi connectivity index (χ3v) is 4.02. The average molecular weight is 279 g/mol. The van der Waals surface area contributed by atoms with Crippen LogP contribution in [0.1, 0.15) is 23.5 Å². The van der Waals surface area contributed by atoms with E-state index in [1.807, 2.05) is 13.8 Å². The molecule has 0 aliphatic rings. The maximum absolute atomic E-state index is 11.4. The van der Waals surface area contributed by atoms with Crippen LogP contribution < -0.4 is 4.90 Å². The van der Waals surface area contributed by atoms with Gasteiger partial charge in [0, 0.05) is 7.05 Å². The summed E-state index contributed by atoms with van der Waals surface area (Å²) in [7, 11) is 3.08. The van der Waals surface area contributed by atoms with Crippen LogP contribution in [0, 0.1) is 0 Å². The molecule has 17 heavy (non-hydrogen) atoms. The molecule has 0 aromatic carbocycles. The van der Waals surface area contributed by atoms with E-state index in [1.165, 1.54) is 7.11 Å². The number of hydrogen-bond donors (Lipinski definition) is 1. The number of likely N-dealkylation sites (N-methyl/N-ethyl adjacent to an activating group) is 1. The van der Waals surface area contributed by atoms with Crippen LogP contribution in [0.3, 0.4) is 0 Å². The fraction of sp³-hybridized carbons (Fsp3) is 0.600. The van der Waals surface area contributed by atoms with Crippen LogP contribution in [-0.4, -0.2) is 42.4 Å². The van der Waals surface area contributed by atoms with Crippen LogP contribution in [-0.2, 0) is 4.74 Å². The Morgan fingerprint density at radius 3 is 2.71 bits per heavy atom. The van der Waals surface area contributed by atoms with Gasteiger partial charge in [0.15, 0.2) is 15.2 Å². The van der Waals surface area contributed by atoms with Crippen LogP contribution in [0.25, 0.3) is 0 Å². The fourth-order valence-electron chi connectivity index (χ4n) is 1.02. The lowest BCUT2D eigenvalue weighted by Gasteiger charge is -2.33. The molecule has 1 heterocycles. The quantitative estimate of drug-likeness (QED) is 0.851. The number of anilines is 1. The normalized spacial score (nSPS) is 11.4. The van der Waals surface area contributed by atoms with Gasteiger partial charge in [-0.05, 0) is 13.8 Å². The minimum absolute atomic E-state index is 0.0335. The first-order valence-corrected chi connectivity index (χ1v) is 6.12. The molecule has 0 spiro atoms. The van der Waals surface area contributed by atoms with Crippen molar-refractivity contribution >= 4 is 34.0 Å². The van der Waals surface area contributed by atoms with Crippen LogP contribution in [0.5, 0.6) is 0 Å². The molecular formula is C10H15ClN2O3S. The summed E-state index contributed by atoms with van der Waals surface area (Å²) in [4.78, 5) is 17.5. The summed E-state index contributed by atoms with van der Waals surface area (Å²) >= 11 is 7.00. The maximum atomic E-state index is 11.4. The number of thiazole rings is 1. The Bertz CT molecular complexity index is 420. The highest BCUT2D eigenvalue weighted by Crippen LogP contribution is 2.32. The molecule has 0 fully saturated rings. The van der Waals surface area contributed by atoms with Gasteiger partial charge in [0.1, 0.15) is 0 Å². The summed E-state index contributed by atoms with van der Waals surface area (Å²) in [6, 6.07) is 0. The summed E-state index contributed by atoms with van der Waals surface area (Å²) in [5.74, 6) is -0.506. The third-order valence-electron chi connectivity index (χ3n) is 2.53. The number of nitrogens with zero attached hydrogens (tertiary/aromatic N) is 2. The highest BCUT2D eigenvalue weighted by atomic mass is 35.5. The first-order chi connectivity index (χ1) is 7.83. The van der Waals surface area contributed by atoms with Gasteiger partial charge < -0.3 is 14.7 Å². The summed E-state index contributed by atoms with van der Waals surface area (Å²) in [5, 5.41) is 9.95. The van der Waals surface area contributed by atoms with Gasteiger partial charge >= 0.3 is 5.97 Å². The van der Waals surface area contributed by atoms with E-state index in [0.717, 1.165) is 11.3 Å². The molecule has 0 aliphatic carbocycles. The molecule has 0 radical (unpaired) electrons. The predicted molar refractivity (Wildman–Crippen MR) is 68.0 cm³/mol. The summed E-state index contributed by atoms with van der Waals surface area (Å²) in [6.07, 6.45) is 0. The lowest BCUT2D eigenvalue weighted by Crippen LogP contribution is -2.44. The van der Waals surface area contributed by atoms with Crippen LogP contribution in [0.4, 0.5) is 5.13 Å². The topological polar surface area (TPSA) is 62.7 Å². The Balaban J connectivity index is 3.05. The van der Waals surface area contributed by atoms with Crippen LogP contribution in [0.2, 0.25) is 5.15 Å². The van der Waals surface area contributed by atoms with E-state index in [2.05, 4.69) is 9.72 Å². The lowest BCUT2D eigenvalue weighted by atomic mass is 10.1. The van der Waals surface area contributed by atoms with Gasteiger partial charge in [0.25, 0.3) is 0 Å². The van der Waals surface area contributed by atoms with Gasteiger partial charge in [-0.1, -0.05) is 22.9 Å². The summed E-state index contributed by atoms with van der Waals surface area (Å²) in [6.45, 7) is 3.69. The number of rotatable bonds is 4. The van der Waals surface area contributed by atoms with Gasteiger partial charge in [-0.3, -0.25) is 0 Å². The monoisotopic (exact) mass is 278 g/mol. The van der Waals surface area contributed by atoms with E-state index in [-0.39, 0.29) is 16.6 Å². The van der Waals surface area contributed by atoms with Crippen molar-refractivity contribution in [1.82, 2.24) is 4.98 Å². The SMILES string of the molecule is COC(=O)c1sc(N(C)C(C)(C)CO)nc1Cl. The number of carbonyl (C=O) groups excluding carboxylic acids is 1. The second-order valence-corrected chi connectivity index (χ2v) is 5.47. The lowest BCUT2D eigenvalue weighted by molar-refractivity contribution is 0.0606. The largest absolute Gasteiger partial charge is 0.465 e. The van der Waals surface area contributed by atoms with Crippen molar-refractivity contribution in [1.29, 1.82) is 0 Å². The van der Waals surface area contributed by atoms with Gasteiger partial charge in [-0.15, -0.1) is 0 Å². The van der Waals surface area contributed by atoms with Crippen molar-refractivity contribution in [2.24, 2.45) is 0 Å². The molecule has 1 aromatic rings. The van der Waals surface area contributed by atoms with Crippen LogP contribution in [0.15, 0.2) is 0 Å². The Morgan fingerprint density at radius 2 is 2.24 bits per heavy atom. The molecule has 0 aliphatic heterocycles. The number of halogens is 1. The molecule has 0 amide bonds. The fourth-order valence-corrected chi connectivity index (χ4v) is 2.34. The second-order valence-electron chi connectivity index (χ2n) is 4.14. The first-order valence-electron chi connectivity index (χ1n) is 4.93. The molecule has 7 heteroatoms. The number of aliphatic hydroxyl groups excluding tert-OH is 1. The predicted octanol–water partition coefficient (Wildman–Crippen LogP) is 1.79. The van der Waals surface area contributed by atoms with Gasteiger partial charge in [-0.2, -0.15) is 0 Å². The first kappa shape index (κ1) is 14.2. The smallest absolute Gasteiger partial charge is 0.351 e. The van der Waals surface area contributed by atoms with Crippen molar-refractivity contribution in [2.75, 3.05) is 25.7 Å². The molecule has 0 saturated heterocycles. The second kappa shape index (κ2) is 5.20. The molecule has 1 rings (SSSR count). The molecule has 0 saturated carbocycles. The number of carbonyl (C=O) groups is 1.